The van der Waals surface area contributed by atoms with Crippen LogP contribution in [0, 0.1) is 0 Å². The van der Waals surface area contributed by atoms with E-state index in [-0.39, 0.29) is 18.1 Å². The van der Waals surface area contributed by atoms with E-state index in [2.05, 4.69) is 5.32 Å². The van der Waals surface area contributed by atoms with E-state index in [9.17, 15) is 4.79 Å². The van der Waals surface area contributed by atoms with Gasteiger partial charge < -0.3 is 15.2 Å². The van der Waals surface area contributed by atoms with Crippen molar-refractivity contribution in [1.82, 2.24) is 5.32 Å². The molecule has 2 N–H and O–H groups in total. The van der Waals surface area contributed by atoms with Gasteiger partial charge in [0.2, 0.25) is 5.91 Å². The minimum absolute atomic E-state index is 0.0175. The third-order valence-electron chi connectivity index (χ3n) is 3.83. The summed E-state index contributed by atoms with van der Waals surface area (Å²) in [7, 11) is 0. The lowest BCUT2D eigenvalue weighted by Crippen LogP contribution is -2.43. The molecule has 1 aromatic rings. The molecule has 21 heavy (non-hydrogen) atoms. The average molecular weight is 289 g/mol. The molecule has 0 unspecified atom stereocenters. The first kappa shape index (κ1) is 15.7. The van der Waals surface area contributed by atoms with Gasteiger partial charge in [0, 0.05) is 12.6 Å². The molecule has 1 aromatic carbocycles. The van der Waals surface area contributed by atoms with Crippen LogP contribution in [0.3, 0.4) is 0 Å². The lowest BCUT2D eigenvalue weighted by Gasteiger charge is -2.29. The molecule has 1 fully saturated rings. The molecule has 0 aliphatic heterocycles. The molecule has 1 aliphatic rings. The standard InChI is InChI=1S/C17H23NO3/c19-12-13-21-17(10-4-5-11-17)14-18-16(20)9-8-15-6-2-1-3-7-15/h1-3,6-9,19H,4-5,10-14H2,(H,18,20). The number of nitrogens with one attached hydrogen (secondary N) is 1. The monoisotopic (exact) mass is 289 g/mol. The molecule has 0 saturated heterocycles. The van der Waals surface area contributed by atoms with E-state index in [1.165, 1.54) is 0 Å². The predicted molar refractivity (Wildman–Crippen MR) is 82.7 cm³/mol. The van der Waals surface area contributed by atoms with Gasteiger partial charge in [0.05, 0.1) is 18.8 Å². The third kappa shape index (κ3) is 4.99. The van der Waals surface area contributed by atoms with Gasteiger partial charge in [-0.1, -0.05) is 43.2 Å². The smallest absolute Gasteiger partial charge is 0.244 e. The summed E-state index contributed by atoms with van der Waals surface area (Å²) in [4.78, 5) is 11.9. The first-order valence-corrected chi connectivity index (χ1v) is 7.50. The molecular weight excluding hydrogens is 266 g/mol. The van der Waals surface area contributed by atoms with Gasteiger partial charge >= 0.3 is 0 Å². The highest BCUT2D eigenvalue weighted by molar-refractivity contribution is 5.91. The number of rotatable bonds is 7. The van der Waals surface area contributed by atoms with Crippen LogP contribution in [0.1, 0.15) is 31.2 Å². The van der Waals surface area contributed by atoms with Gasteiger partial charge in [-0.2, -0.15) is 0 Å². The van der Waals surface area contributed by atoms with Crippen LogP contribution < -0.4 is 5.32 Å². The minimum Gasteiger partial charge on any atom is -0.394 e. The van der Waals surface area contributed by atoms with Gasteiger partial charge in [0.25, 0.3) is 0 Å². The first-order chi connectivity index (χ1) is 10.2. The first-order valence-electron chi connectivity index (χ1n) is 7.50. The molecule has 2 rings (SSSR count). The zero-order valence-corrected chi connectivity index (χ0v) is 12.3. The maximum Gasteiger partial charge on any atom is 0.244 e. The third-order valence-corrected chi connectivity index (χ3v) is 3.83. The number of benzene rings is 1. The molecule has 0 spiro atoms. The van der Waals surface area contributed by atoms with Crippen molar-refractivity contribution in [2.45, 2.75) is 31.3 Å². The second-order valence-corrected chi connectivity index (χ2v) is 5.42. The van der Waals surface area contributed by atoms with Crippen molar-refractivity contribution in [3.63, 3.8) is 0 Å². The average Bonchev–Trinajstić information content (AvgIpc) is 2.99. The molecule has 0 heterocycles. The molecule has 0 aromatic heterocycles. The summed E-state index contributed by atoms with van der Waals surface area (Å²) < 4.78 is 5.76. The molecular formula is C17H23NO3. The highest BCUT2D eigenvalue weighted by atomic mass is 16.5. The summed E-state index contributed by atoms with van der Waals surface area (Å²) in [6.45, 7) is 0.851. The van der Waals surface area contributed by atoms with Gasteiger partial charge in [0.15, 0.2) is 0 Å². The number of hydrogen-bond acceptors (Lipinski definition) is 3. The van der Waals surface area contributed by atoms with Gasteiger partial charge in [-0.05, 0) is 24.5 Å². The van der Waals surface area contributed by atoms with Crippen molar-refractivity contribution in [2.75, 3.05) is 19.8 Å². The van der Waals surface area contributed by atoms with Crippen molar-refractivity contribution < 1.29 is 14.6 Å². The van der Waals surface area contributed by atoms with Crippen molar-refractivity contribution in [2.24, 2.45) is 0 Å². The second kappa shape index (κ2) is 7.96. The summed E-state index contributed by atoms with van der Waals surface area (Å²) in [5.41, 5.74) is 0.707. The number of ether oxygens (including phenoxy) is 1. The molecule has 1 aliphatic carbocycles. The molecule has 0 radical (unpaired) electrons. The van der Waals surface area contributed by atoms with Crippen LogP contribution in [0.5, 0.6) is 0 Å². The Kier molecular flexibility index (Phi) is 5.96. The summed E-state index contributed by atoms with van der Waals surface area (Å²) in [5.74, 6) is -0.113. The van der Waals surface area contributed by atoms with Crippen LogP contribution in [0.4, 0.5) is 0 Å². The topological polar surface area (TPSA) is 58.6 Å². The Morgan fingerprint density at radius 2 is 2.00 bits per heavy atom. The molecule has 114 valence electrons. The van der Waals surface area contributed by atoms with Crippen LogP contribution in [0.2, 0.25) is 0 Å². The Bertz CT molecular complexity index is 464. The Hall–Kier alpha value is -1.65. The Balaban J connectivity index is 1.83. The Labute approximate surface area is 125 Å². The van der Waals surface area contributed by atoms with Crippen LogP contribution >= 0.6 is 0 Å². The maximum absolute atomic E-state index is 11.9. The summed E-state index contributed by atoms with van der Waals surface area (Å²) in [6.07, 6.45) is 7.45. The van der Waals surface area contributed by atoms with Crippen LogP contribution in [-0.4, -0.2) is 36.4 Å². The minimum atomic E-state index is -0.293. The lowest BCUT2D eigenvalue weighted by molar-refractivity contribution is -0.118. The number of aliphatic hydroxyl groups is 1. The van der Waals surface area contributed by atoms with Crippen molar-refractivity contribution >= 4 is 12.0 Å². The number of amides is 1. The zero-order chi connectivity index (χ0) is 15.0. The van der Waals surface area contributed by atoms with E-state index in [1.807, 2.05) is 30.3 Å². The molecule has 0 atom stereocenters. The summed E-state index contributed by atoms with van der Waals surface area (Å²) in [6, 6.07) is 9.72. The SMILES string of the molecule is O=C(C=Cc1ccccc1)NCC1(OCCO)CCCC1. The van der Waals surface area contributed by atoms with Crippen molar-refractivity contribution in [3.05, 3.63) is 42.0 Å². The highest BCUT2D eigenvalue weighted by Crippen LogP contribution is 2.32. The van der Waals surface area contributed by atoms with Gasteiger partial charge in [-0.3, -0.25) is 4.79 Å². The normalized spacial score (nSPS) is 17.2. The molecule has 0 bridgehead atoms. The van der Waals surface area contributed by atoms with Crippen molar-refractivity contribution in [3.8, 4) is 0 Å². The van der Waals surface area contributed by atoms with Gasteiger partial charge in [-0.25, -0.2) is 0 Å². The summed E-state index contributed by atoms with van der Waals surface area (Å²) >= 11 is 0. The number of aliphatic hydroxyl groups excluding tert-OH is 1. The highest BCUT2D eigenvalue weighted by Gasteiger charge is 2.34. The van der Waals surface area contributed by atoms with E-state index >= 15 is 0 Å². The number of hydrogen-bond donors (Lipinski definition) is 2. The lowest BCUT2D eigenvalue weighted by atomic mass is 10.0. The van der Waals surface area contributed by atoms with E-state index in [1.54, 1.807) is 12.2 Å². The molecule has 1 saturated carbocycles. The summed E-state index contributed by atoms with van der Waals surface area (Å²) in [5, 5.41) is 11.8. The fraction of sp³-hybridized carbons (Fsp3) is 0.471. The maximum atomic E-state index is 11.9. The van der Waals surface area contributed by atoms with Gasteiger partial charge in [-0.15, -0.1) is 0 Å². The van der Waals surface area contributed by atoms with Crippen LogP contribution in [-0.2, 0) is 9.53 Å². The fourth-order valence-electron chi connectivity index (χ4n) is 2.70. The van der Waals surface area contributed by atoms with E-state index in [0.717, 1.165) is 31.2 Å². The predicted octanol–water partition coefficient (Wildman–Crippen LogP) is 2.14. The van der Waals surface area contributed by atoms with Crippen LogP contribution in [0.25, 0.3) is 6.08 Å². The molecule has 4 heteroatoms. The van der Waals surface area contributed by atoms with E-state index < -0.39 is 0 Å². The molecule has 4 nitrogen and oxygen atoms in total. The Morgan fingerprint density at radius 1 is 1.29 bits per heavy atom. The zero-order valence-electron chi connectivity index (χ0n) is 12.3. The van der Waals surface area contributed by atoms with E-state index in [4.69, 9.17) is 9.84 Å². The largest absolute Gasteiger partial charge is 0.394 e. The van der Waals surface area contributed by atoms with Crippen LogP contribution in [0.15, 0.2) is 36.4 Å². The van der Waals surface area contributed by atoms with Crippen molar-refractivity contribution in [1.29, 1.82) is 0 Å². The van der Waals surface area contributed by atoms with E-state index in [0.29, 0.717) is 13.2 Å². The molecule has 1 amide bonds. The second-order valence-electron chi connectivity index (χ2n) is 5.42. The number of carbonyl (C=O) groups is 1. The fourth-order valence-corrected chi connectivity index (χ4v) is 2.70. The Morgan fingerprint density at radius 3 is 2.67 bits per heavy atom. The van der Waals surface area contributed by atoms with Gasteiger partial charge in [0.1, 0.15) is 0 Å². The number of carbonyl (C=O) groups excluding carboxylic acids is 1. The quantitative estimate of drug-likeness (QED) is 0.756.